The van der Waals surface area contributed by atoms with Gasteiger partial charge in [0.25, 0.3) is 0 Å². The molecule has 0 spiro atoms. The van der Waals surface area contributed by atoms with E-state index in [1.807, 2.05) is 12.1 Å². The number of hydrogen-bond acceptors (Lipinski definition) is 2. The Kier molecular flexibility index (Phi) is 2.68. The summed E-state index contributed by atoms with van der Waals surface area (Å²) in [5, 5.41) is 0. The lowest BCUT2D eigenvalue weighted by Crippen LogP contribution is -2.40. The summed E-state index contributed by atoms with van der Waals surface area (Å²) in [5.41, 5.74) is 1.47. The van der Waals surface area contributed by atoms with Gasteiger partial charge in [-0.1, -0.05) is 19.1 Å². The highest BCUT2D eigenvalue weighted by Gasteiger charge is 2.54. The fourth-order valence-corrected chi connectivity index (χ4v) is 2.90. The van der Waals surface area contributed by atoms with Crippen LogP contribution in [0, 0.1) is 5.82 Å². The lowest BCUT2D eigenvalue weighted by atomic mass is 9.97. The standard InChI is InChI=1S/C14H18FNO/c1-14(11-2-4-12(15)5-3-11)10-13(14)16-6-8-17-9-7-16/h2-5,13H,6-10H2,1H3/t13-,14+/m1/s1. The van der Waals surface area contributed by atoms with Crippen LogP contribution in [0.2, 0.25) is 0 Å². The van der Waals surface area contributed by atoms with E-state index in [2.05, 4.69) is 11.8 Å². The van der Waals surface area contributed by atoms with E-state index in [4.69, 9.17) is 4.74 Å². The third-order valence-corrected chi connectivity index (χ3v) is 4.18. The molecule has 1 aromatic carbocycles. The van der Waals surface area contributed by atoms with Crippen molar-refractivity contribution >= 4 is 0 Å². The Labute approximate surface area is 101 Å². The van der Waals surface area contributed by atoms with E-state index < -0.39 is 0 Å². The molecule has 2 aliphatic rings. The van der Waals surface area contributed by atoms with E-state index in [1.54, 1.807) is 12.1 Å². The van der Waals surface area contributed by atoms with Gasteiger partial charge in [0, 0.05) is 24.5 Å². The van der Waals surface area contributed by atoms with Crippen molar-refractivity contribution in [1.82, 2.24) is 4.90 Å². The zero-order chi connectivity index (χ0) is 11.9. The molecule has 2 fully saturated rings. The average Bonchev–Trinajstić information content (AvgIpc) is 3.05. The van der Waals surface area contributed by atoms with E-state index in [0.717, 1.165) is 26.3 Å². The maximum atomic E-state index is 12.9. The summed E-state index contributed by atoms with van der Waals surface area (Å²) in [5.74, 6) is -0.152. The second kappa shape index (κ2) is 4.07. The highest BCUT2D eigenvalue weighted by Crippen LogP contribution is 2.51. The predicted molar refractivity (Wildman–Crippen MR) is 64.5 cm³/mol. The summed E-state index contributed by atoms with van der Waals surface area (Å²) in [4.78, 5) is 2.51. The number of rotatable bonds is 2. The fourth-order valence-electron chi connectivity index (χ4n) is 2.90. The van der Waals surface area contributed by atoms with Crippen LogP contribution in [0.4, 0.5) is 4.39 Å². The van der Waals surface area contributed by atoms with Crippen molar-refractivity contribution in [1.29, 1.82) is 0 Å². The van der Waals surface area contributed by atoms with Gasteiger partial charge in [0.2, 0.25) is 0 Å². The number of morpholine rings is 1. The molecular weight excluding hydrogens is 217 g/mol. The van der Waals surface area contributed by atoms with Crippen molar-refractivity contribution in [3.05, 3.63) is 35.6 Å². The number of halogens is 1. The van der Waals surface area contributed by atoms with E-state index >= 15 is 0 Å². The van der Waals surface area contributed by atoms with E-state index in [0.29, 0.717) is 6.04 Å². The average molecular weight is 235 g/mol. The van der Waals surface area contributed by atoms with Gasteiger partial charge in [0.05, 0.1) is 13.2 Å². The summed E-state index contributed by atoms with van der Waals surface area (Å²) in [7, 11) is 0. The van der Waals surface area contributed by atoms with Gasteiger partial charge >= 0.3 is 0 Å². The molecule has 0 aromatic heterocycles. The minimum atomic E-state index is -0.152. The van der Waals surface area contributed by atoms with E-state index in [9.17, 15) is 4.39 Å². The molecule has 1 heterocycles. The summed E-state index contributed by atoms with van der Waals surface area (Å²) >= 11 is 0. The van der Waals surface area contributed by atoms with Crippen LogP contribution in [0.5, 0.6) is 0 Å². The van der Waals surface area contributed by atoms with Crippen molar-refractivity contribution in [3.63, 3.8) is 0 Å². The number of benzene rings is 1. The summed E-state index contributed by atoms with van der Waals surface area (Å²) in [6.07, 6.45) is 1.18. The van der Waals surface area contributed by atoms with Crippen molar-refractivity contribution in [3.8, 4) is 0 Å². The lowest BCUT2D eigenvalue weighted by molar-refractivity contribution is 0.0308. The molecule has 0 unspecified atom stereocenters. The third-order valence-electron chi connectivity index (χ3n) is 4.18. The SMILES string of the molecule is C[C@@]1(c2ccc(F)cc2)C[C@H]1N1CCOCC1. The molecule has 0 N–H and O–H groups in total. The number of nitrogens with zero attached hydrogens (tertiary/aromatic N) is 1. The Morgan fingerprint density at radius 3 is 2.53 bits per heavy atom. The van der Waals surface area contributed by atoms with Gasteiger partial charge in [-0.25, -0.2) is 4.39 Å². The lowest BCUT2D eigenvalue weighted by Gasteiger charge is -2.29. The molecule has 1 aliphatic heterocycles. The third kappa shape index (κ3) is 1.98. The molecule has 0 bridgehead atoms. The maximum absolute atomic E-state index is 12.9. The molecule has 3 rings (SSSR count). The Bertz CT molecular complexity index is 399. The molecule has 2 atom stereocenters. The van der Waals surface area contributed by atoms with Crippen LogP contribution in [0.1, 0.15) is 18.9 Å². The van der Waals surface area contributed by atoms with Gasteiger partial charge in [-0.15, -0.1) is 0 Å². The highest BCUT2D eigenvalue weighted by atomic mass is 19.1. The Morgan fingerprint density at radius 2 is 1.88 bits per heavy atom. The molecule has 0 amide bonds. The largest absolute Gasteiger partial charge is 0.379 e. The Morgan fingerprint density at radius 1 is 1.24 bits per heavy atom. The molecule has 1 saturated heterocycles. The Hall–Kier alpha value is -0.930. The predicted octanol–water partition coefficient (Wildman–Crippen LogP) is 2.19. The minimum Gasteiger partial charge on any atom is -0.379 e. The smallest absolute Gasteiger partial charge is 0.123 e. The maximum Gasteiger partial charge on any atom is 0.123 e. The zero-order valence-electron chi connectivity index (χ0n) is 10.2. The van der Waals surface area contributed by atoms with Gasteiger partial charge in [0.1, 0.15) is 5.82 Å². The molecule has 2 nitrogen and oxygen atoms in total. The van der Waals surface area contributed by atoms with Gasteiger partial charge in [-0.3, -0.25) is 4.90 Å². The molecular formula is C14H18FNO. The van der Waals surface area contributed by atoms with Gasteiger partial charge in [-0.2, -0.15) is 0 Å². The van der Waals surface area contributed by atoms with Crippen LogP contribution in [0.3, 0.4) is 0 Å². The second-order valence-corrected chi connectivity index (χ2v) is 5.29. The first-order valence-electron chi connectivity index (χ1n) is 6.28. The van der Waals surface area contributed by atoms with Gasteiger partial charge in [-0.05, 0) is 24.1 Å². The number of hydrogen-bond donors (Lipinski definition) is 0. The molecule has 0 radical (unpaired) electrons. The fraction of sp³-hybridized carbons (Fsp3) is 0.571. The summed E-state index contributed by atoms with van der Waals surface area (Å²) < 4.78 is 18.3. The van der Waals surface area contributed by atoms with Crippen LogP contribution in [-0.4, -0.2) is 37.2 Å². The van der Waals surface area contributed by atoms with Crippen LogP contribution in [0.15, 0.2) is 24.3 Å². The van der Waals surface area contributed by atoms with Crippen LogP contribution in [0.25, 0.3) is 0 Å². The van der Waals surface area contributed by atoms with Crippen LogP contribution >= 0.6 is 0 Å². The van der Waals surface area contributed by atoms with Crippen molar-refractivity contribution < 1.29 is 9.13 Å². The van der Waals surface area contributed by atoms with Crippen LogP contribution < -0.4 is 0 Å². The monoisotopic (exact) mass is 235 g/mol. The van der Waals surface area contributed by atoms with E-state index in [-0.39, 0.29) is 11.2 Å². The molecule has 3 heteroatoms. The first-order chi connectivity index (χ1) is 8.20. The molecule has 17 heavy (non-hydrogen) atoms. The first-order valence-corrected chi connectivity index (χ1v) is 6.28. The molecule has 92 valence electrons. The van der Waals surface area contributed by atoms with Crippen LogP contribution in [-0.2, 0) is 10.2 Å². The second-order valence-electron chi connectivity index (χ2n) is 5.29. The van der Waals surface area contributed by atoms with Crippen molar-refractivity contribution in [2.75, 3.05) is 26.3 Å². The summed E-state index contributed by atoms with van der Waals surface area (Å²) in [6, 6.07) is 7.59. The van der Waals surface area contributed by atoms with E-state index in [1.165, 1.54) is 12.0 Å². The minimum absolute atomic E-state index is 0.152. The first kappa shape index (κ1) is 11.2. The quantitative estimate of drug-likeness (QED) is 0.779. The Balaban J connectivity index is 1.74. The summed E-state index contributed by atoms with van der Waals surface area (Å²) in [6.45, 7) is 6.02. The highest BCUT2D eigenvalue weighted by molar-refractivity contribution is 5.35. The molecule has 1 aromatic rings. The van der Waals surface area contributed by atoms with Gasteiger partial charge < -0.3 is 4.74 Å². The number of ether oxygens (including phenoxy) is 1. The van der Waals surface area contributed by atoms with Crippen molar-refractivity contribution in [2.24, 2.45) is 0 Å². The van der Waals surface area contributed by atoms with Crippen molar-refractivity contribution in [2.45, 2.75) is 24.8 Å². The zero-order valence-corrected chi connectivity index (χ0v) is 10.2. The normalized spacial score (nSPS) is 33.6. The van der Waals surface area contributed by atoms with Gasteiger partial charge in [0.15, 0.2) is 0 Å². The molecule has 1 aliphatic carbocycles. The topological polar surface area (TPSA) is 12.5 Å². The molecule has 1 saturated carbocycles.